The van der Waals surface area contributed by atoms with E-state index in [-0.39, 0.29) is 12.0 Å². The number of carbonyl (C=O) groups is 1. The zero-order chi connectivity index (χ0) is 15.9. The number of aryl methyl sites for hydroxylation is 1. The Morgan fingerprint density at radius 2 is 1.91 bits per heavy atom. The Morgan fingerprint density at radius 1 is 1.18 bits per heavy atom. The van der Waals surface area contributed by atoms with Crippen LogP contribution in [0, 0.1) is 0 Å². The Labute approximate surface area is 131 Å². The molecule has 1 aromatic carbocycles. The van der Waals surface area contributed by atoms with Gasteiger partial charge >= 0.3 is 0 Å². The monoisotopic (exact) mass is 301 g/mol. The van der Waals surface area contributed by atoms with Crippen molar-refractivity contribution in [3.05, 3.63) is 53.5 Å². The SMILES string of the molecule is CCc1ccc(C(=O)NCCc2ccc(OC(C)C)cc2)o1. The molecule has 0 saturated carbocycles. The van der Waals surface area contributed by atoms with E-state index in [0.29, 0.717) is 12.3 Å². The van der Waals surface area contributed by atoms with Gasteiger partial charge in [0.25, 0.3) is 5.91 Å². The fourth-order valence-corrected chi connectivity index (χ4v) is 2.10. The van der Waals surface area contributed by atoms with E-state index in [2.05, 4.69) is 5.32 Å². The summed E-state index contributed by atoms with van der Waals surface area (Å²) in [4.78, 5) is 11.9. The molecule has 0 aliphatic heterocycles. The van der Waals surface area contributed by atoms with Crippen LogP contribution in [0.25, 0.3) is 0 Å². The van der Waals surface area contributed by atoms with Gasteiger partial charge in [-0.25, -0.2) is 0 Å². The lowest BCUT2D eigenvalue weighted by Crippen LogP contribution is -2.25. The number of ether oxygens (including phenoxy) is 1. The fraction of sp³-hybridized carbons (Fsp3) is 0.389. The normalized spacial score (nSPS) is 10.7. The molecule has 0 unspecified atom stereocenters. The van der Waals surface area contributed by atoms with Crippen LogP contribution in [0.3, 0.4) is 0 Å². The molecular weight excluding hydrogens is 278 g/mol. The fourth-order valence-electron chi connectivity index (χ4n) is 2.10. The molecule has 0 atom stereocenters. The van der Waals surface area contributed by atoms with Gasteiger partial charge in [0.05, 0.1) is 6.10 Å². The van der Waals surface area contributed by atoms with Crippen molar-refractivity contribution in [2.24, 2.45) is 0 Å². The number of hydrogen-bond acceptors (Lipinski definition) is 3. The van der Waals surface area contributed by atoms with Crippen LogP contribution in [-0.2, 0) is 12.8 Å². The van der Waals surface area contributed by atoms with Crippen molar-refractivity contribution in [2.45, 2.75) is 39.7 Å². The molecule has 0 radical (unpaired) electrons. The number of carbonyl (C=O) groups excluding carboxylic acids is 1. The first kappa shape index (κ1) is 16.1. The summed E-state index contributed by atoms with van der Waals surface area (Å²) in [6, 6.07) is 11.5. The van der Waals surface area contributed by atoms with Crippen LogP contribution >= 0.6 is 0 Å². The first-order chi connectivity index (χ1) is 10.6. The number of rotatable bonds is 7. The molecule has 0 spiro atoms. The highest BCUT2D eigenvalue weighted by atomic mass is 16.5. The van der Waals surface area contributed by atoms with Gasteiger partial charge in [-0.05, 0) is 50.1 Å². The smallest absolute Gasteiger partial charge is 0.287 e. The number of hydrogen-bond donors (Lipinski definition) is 1. The molecule has 0 saturated heterocycles. The first-order valence-electron chi connectivity index (χ1n) is 7.71. The zero-order valence-corrected chi connectivity index (χ0v) is 13.4. The Balaban J connectivity index is 1.79. The van der Waals surface area contributed by atoms with Crippen LogP contribution in [0.15, 0.2) is 40.8 Å². The summed E-state index contributed by atoms with van der Waals surface area (Å²) < 4.78 is 11.0. The maximum Gasteiger partial charge on any atom is 0.287 e. The molecule has 1 heterocycles. The van der Waals surface area contributed by atoms with E-state index in [0.717, 1.165) is 29.9 Å². The van der Waals surface area contributed by atoms with E-state index in [1.54, 1.807) is 6.07 Å². The van der Waals surface area contributed by atoms with Crippen molar-refractivity contribution >= 4 is 5.91 Å². The molecule has 22 heavy (non-hydrogen) atoms. The van der Waals surface area contributed by atoms with E-state index >= 15 is 0 Å². The molecule has 4 nitrogen and oxygen atoms in total. The molecule has 0 fully saturated rings. The third-order valence-corrected chi connectivity index (χ3v) is 3.23. The van der Waals surface area contributed by atoms with E-state index in [1.807, 2.05) is 51.1 Å². The van der Waals surface area contributed by atoms with Crippen LogP contribution in [0.4, 0.5) is 0 Å². The molecule has 1 N–H and O–H groups in total. The van der Waals surface area contributed by atoms with Gasteiger partial charge in [-0.2, -0.15) is 0 Å². The Morgan fingerprint density at radius 3 is 2.50 bits per heavy atom. The molecule has 2 rings (SSSR count). The zero-order valence-electron chi connectivity index (χ0n) is 13.4. The third-order valence-electron chi connectivity index (χ3n) is 3.23. The Bertz CT molecular complexity index is 599. The second-order valence-corrected chi connectivity index (χ2v) is 5.44. The van der Waals surface area contributed by atoms with Gasteiger partial charge in [0, 0.05) is 13.0 Å². The van der Waals surface area contributed by atoms with Gasteiger partial charge in [0.1, 0.15) is 11.5 Å². The second kappa shape index (κ2) is 7.69. The van der Waals surface area contributed by atoms with Crippen LogP contribution in [-0.4, -0.2) is 18.6 Å². The first-order valence-corrected chi connectivity index (χ1v) is 7.71. The summed E-state index contributed by atoms with van der Waals surface area (Å²) >= 11 is 0. The highest BCUT2D eigenvalue weighted by molar-refractivity contribution is 5.91. The molecule has 4 heteroatoms. The van der Waals surface area contributed by atoms with Gasteiger partial charge in [0.2, 0.25) is 0 Å². The van der Waals surface area contributed by atoms with Crippen molar-refractivity contribution in [1.29, 1.82) is 0 Å². The molecule has 1 aromatic heterocycles. The topological polar surface area (TPSA) is 51.5 Å². The summed E-state index contributed by atoms with van der Waals surface area (Å²) in [6.07, 6.45) is 1.74. The Hall–Kier alpha value is -2.23. The number of benzene rings is 1. The van der Waals surface area contributed by atoms with Gasteiger partial charge in [0.15, 0.2) is 5.76 Å². The van der Waals surface area contributed by atoms with E-state index in [4.69, 9.17) is 9.15 Å². The average molecular weight is 301 g/mol. The molecule has 0 aliphatic carbocycles. The predicted octanol–water partition coefficient (Wildman–Crippen LogP) is 3.60. The van der Waals surface area contributed by atoms with Crippen LogP contribution < -0.4 is 10.1 Å². The lowest BCUT2D eigenvalue weighted by molar-refractivity contribution is 0.0925. The van der Waals surface area contributed by atoms with Crippen molar-refractivity contribution in [1.82, 2.24) is 5.32 Å². The summed E-state index contributed by atoms with van der Waals surface area (Å²) in [5.74, 6) is 1.90. The minimum absolute atomic E-state index is 0.167. The maximum absolute atomic E-state index is 11.9. The quantitative estimate of drug-likeness (QED) is 0.850. The Kier molecular flexibility index (Phi) is 5.64. The van der Waals surface area contributed by atoms with Crippen LogP contribution in [0.2, 0.25) is 0 Å². The number of amides is 1. The molecule has 2 aromatic rings. The van der Waals surface area contributed by atoms with Crippen molar-refractivity contribution in [3.63, 3.8) is 0 Å². The summed E-state index contributed by atoms with van der Waals surface area (Å²) in [7, 11) is 0. The highest BCUT2D eigenvalue weighted by Crippen LogP contribution is 2.14. The third kappa shape index (κ3) is 4.65. The van der Waals surface area contributed by atoms with E-state index < -0.39 is 0 Å². The maximum atomic E-state index is 11.9. The minimum atomic E-state index is -0.167. The van der Waals surface area contributed by atoms with Crippen molar-refractivity contribution < 1.29 is 13.9 Å². The molecular formula is C18H23NO3. The van der Waals surface area contributed by atoms with Gasteiger partial charge in [-0.3, -0.25) is 4.79 Å². The molecule has 0 bridgehead atoms. The standard InChI is InChI=1S/C18H23NO3/c1-4-15-9-10-17(22-15)18(20)19-12-11-14-5-7-16(8-6-14)21-13(2)3/h5-10,13H,4,11-12H2,1-3H3,(H,19,20). The van der Waals surface area contributed by atoms with E-state index in [1.165, 1.54) is 0 Å². The molecule has 118 valence electrons. The predicted molar refractivity (Wildman–Crippen MR) is 86.3 cm³/mol. The van der Waals surface area contributed by atoms with Gasteiger partial charge < -0.3 is 14.5 Å². The lowest BCUT2D eigenvalue weighted by atomic mass is 10.1. The van der Waals surface area contributed by atoms with Gasteiger partial charge in [-0.1, -0.05) is 19.1 Å². The molecule has 0 aliphatic rings. The summed E-state index contributed by atoms with van der Waals surface area (Å²) in [5, 5.41) is 2.87. The minimum Gasteiger partial charge on any atom is -0.491 e. The summed E-state index contributed by atoms with van der Waals surface area (Å²) in [5.41, 5.74) is 1.16. The van der Waals surface area contributed by atoms with Crippen molar-refractivity contribution in [3.8, 4) is 5.75 Å². The number of nitrogens with one attached hydrogen (secondary N) is 1. The van der Waals surface area contributed by atoms with Crippen LogP contribution in [0.5, 0.6) is 5.75 Å². The lowest BCUT2D eigenvalue weighted by Gasteiger charge is -2.10. The number of furan rings is 1. The summed E-state index contributed by atoms with van der Waals surface area (Å²) in [6.45, 7) is 6.57. The van der Waals surface area contributed by atoms with E-state index in [9.17, 15) is 4.79 Å². The average Bonchev–Trinajstić information content (AvgIpc) is 2.97. The largest absolute Gasteiger partial charge is 0.491 e. The highest BCUT2D eigenvalue weighted by Gasteiger charge is 2.09. The van der Waals surface area contributed by atoms with Gasteiger partial charge in [-0.15, -0.1) is 0 Å². The molecule has 1 amide bonds. The van der Waals surface area contributed by atoms with Crippen LogP contribution in [0.1, 0.15) is 42.6 Å². The van der Waals surface area contributed by atoms with Crippen molar-refractivity contribution in [2.75, 3.05) is 6.54 Å². The second-order valence-electron chi connectivity index (χ2n) is 5.44.